The molecule has 0 unspecified atom stereocenters. The fourth-order valence-corrected chi connectivity index (χ4v) is 4.10. The third-order valence-corrected chi connectivity index (χ3v) is 5.56. The first-order valence-electron chi connectivity index (χ1n) is 8.33. The van der Waals surface area contributed by atoms with Gasteiger partial charge >= 0.3 is 11.9 Å². The molecule has 0 radical (unpaired) electrons. The Labute approximate surface area is 145 Å². The van der Waals surface area contributed by atoms with E-state index in [0.29, 0.717) is 6.42 Å². The van der Waals surface area contributed by atoms with Gasteiger partial charge in [-0.05, 0) is 32.3 Å². The average molecular weight is 381 g/mol. The maximum absolute atomic E-state index is 12.7. The van der Waals surface area contributed by atoms with Gasteiger partial charge in [0.25, 0.3) is 0 Å². The lowest BCUT2D eigenvalue weighted by atomic mass is 9.67. The van der Waals surface area contributed by atoms with Gasteiger partial charge in [0.2, 0.25) is 0 Å². The average Bonchev–Trinajstić information content (AvgIpc) is 2.51. The normalized spacial score (nSPS) is 37.7. The Kier molecular flexibility index (Phi) is 4.82. The first-order valence-corrected chi connectivity index (χ1v) is 9.12. The predicted octanol–water partition coefficient (Wildman–Crippen LogP) is 3.49. The molecule has 0 aromatic carbocycles. The van der Waals surface area contributed by atoms with E-state index >= 15 is 0 Å². The van der Waals surface area contributed by atoms with Crippen LogP contribution in [0.2, 0.25) is 0 Å². The Morgan fingerprint density at radius 2 is 2.00 bits per heavy atom. The largest absolute Gasteiger partial charge is 0.462 e. The van der Waals surface area contributed by atoms with E-state index < -0.39 is 23.4 Å². The van der Waals surface area contributed by atoms with Crippen LogP contribution in [0.5, 0.6) is 0 Å². The minimum atomic E-state index is -1.20. The molecule has 4 nitrogen and oxygen atoms in total. The van der Waals surface area contributed by atoms with E-state index in [4.69, 9.17) is 9.47 Å². The van der Waals surface area contributed by atoms with Crippen molar-refractivity contribution in [3.8, 4) is 11.8 Å². The van der Waals surface area contributed by atoms with Crippen LogP contribution in [0.1, 0.15) is 51.9 Å². The van der Waals surface area contributed by atoms with E-state index in [2.05, 4.69) is 27.8 Å². The Balaban J connectivity index is 1.96. The molecule has 0 aromatic rings. The second-order valence-electron chi connectivity index (χ2n) is 6.58. The molecule has 23 heavy (non-hydrogen) atoms. The second kappa shape index (κ2) is 6.68. The zero-order valence-electron chi connectivity index (χ0n) is 13.3. The Bertz CT molecular complexity index is 600. The van der Waals surface area contributed by atoms with Crippen molar-refractivity contribution in [1.29, 1.82) is 0 Å². The molecule has 3 heterocycles. The summed E-state index contributed by atoms with van der Waals surface area (Å²) in [6.45, 7) is 1.92. The highest BCUT2D eigenvalue weighted by molar-refractivity contribution is 9.11. The summed E-state index contributed by atoms with van der Waals surface area (Å²) in [5.74, 6) is 4.82. The molecular formula is C18H21BrO4. The Morgan fingerprint density at radius 1 is 1.22 bits per heavy atom. The molecule has 1 spiro atoms. The molecule has 2 bridgehead atoms. The molecule has 4 atom stereocenters. The van der Waals surface area contributed by atoms with Crippen LogP contribution in [-0.2, 0) is 19.1 Å². The van der Waals surface area contributed by atoms with Crippen LogP contribution in [0.25, 0.3) is 0 Å². The molecular weight excluding hydrogens is 360 g/mol. The summed E-state index contributed by atoms with van der Waals surface area (Å²) in [6, 6.07) is 0. The van der Waals surface area contributed by atoms with E-state index in [-0.39, 0.29) is 12.1 Å². The zero-order valence-corrected chi connectivity index (χ0v) is 14.9. The van der Waals surface area contributed by atoms with E-state index in [9.17, 15) is 9.59 Å². The van der Waals surface area contributed by atoms with Crippen molar-refractivity contribution in [2.75, 3.05) is 0 Å². The lowest BCUT2D eigenvalue weighted by Crippen LogP contribution is -2.53. The molecule has 124 valence electrons. The van der Waals surface area contributed by atoms with Crippen molar-refractivity contribution in [2.45, 2.75) is 64.1 Å². The fraction of sp³-hybridized carbons (Fsp3) is 0.667. The van der Waals surface area contributed by atoms with Crippen molar-refractivity contribution in [3.63, 3.8) is 0 Å². The van der Waals surface area contributed by atoms with Gasteiger partial charge < -0.3 is 9.47 Å². The number of rotatable bonds is 0. The van der Waals surface area contributed by atoms with Gasteiger partial charge in [-0.1, -0.05) is 34.7 Å². The minimum absolute atomic E-state index is 0.128. The first kappa shape index (κ1) is 16.6. The van der Waals surface area contributed by atoms with Gasteiger partial charge in [0.1, 0.15) is 6.10 Å². The summed E-state index contributed by atoms with van der Waals surface area (Å²) in [6.07, 6.45) is 7.56. The molecule has 0 amide bonds. The van der Waals surface area contributed by atoms with Gasteiger partial charge in [-0.15, -0.1) is 5.92 Å². The molecule has 5 heteroatoms. The fourth-order valence-electron chi connectivity index (χ4n) is 3.46. The maximum Gasteiger partial charge on any atom is 0.329 e. The van der Waals surface area contributed by atoms with Crippen LogP contribution in [0.3, 0.4) is 0 Å². The molecule has 4 rings (SSSR count). The smallest absolute Gasteiger partial charge is 0.329 e. The molecule has 4 aliphatic rings. The number of esters is 2. The van der Waals surface area contributed by atoms with Gasteiger partial charge in [0.15, 0.2) is 5.41 Å². The number of carbonyl (C=O) groups excluding carboxylic acids is 2. The summed E-state index contributed by atoms with van der Waals surface area (Å²) >= 11 is 3.45. The molecule has 0 N–H and O–H groups in total. The predicted molar refractivity (Wildman–Crippen MR) is 88.5 cm³/mol. The molecule has 0 aromatic heterocycles. The molecule has 3 aliphatic heterocycles. The number of carbonyl (C=O) groups is 2. The van der Waals surface area contributed by atoms with E-state index in [1.54, 1.807) is 6.08 Å². The summed E-state index contributed by atoms with van der Waals surface area (Å²) in [4.78, 5) is 25.1. The van der Waals surface area contributed by atoms with Crippen molar-refractivity contribution in [2.24, 2.45) is 11.3 Å². The summed E-state index contributed by atoms with van der Waals surface area (Å²) in [7, 11) is 0. The minimum Gasteiger partial charge on any atom is -0.462 e. The maximum atomic E-state index is 12.7. The van der Waals surface area contributed by atoms with E-state index in [0.717, 1.165) is 43.0 Å². The molecule has 0 saturated carbocycles. The number of ether oxygens (including phenoxy) is 2. The highest BCUT2D eigenvalue weighted by Crippen LogP contribution is 2.48. The number of hydrogen-bond acceptors (Lipinski definition) is 4. The lowest BCUT2D eigenvalue weighted by molar-refractivity contribution is -0.179. The molecule has 1 aliphatic carbocycles. The number of fused-ring (bicyclic) bond motifs is 1. The number of cyclic esters (lactones) is 1. The highest BCUT2D eigenvalue weighted by Gasteiger charge is 2.58. The highest BCUT2D eigenvalue weighted by atomic mass is 79.9. The van der Waals surface area contributed by atoms with Gasteiger partial charge in [-0.25, -0.2) is 0 Å². The monoisotopic (exact) mass is 380 g/mol. The second-order valence-corrected chi connectivity index (χ2v) is 7.50. The third-order valence-electron chi connectivity index (χ3n) is 4.82. The summed E-state index contributed by atoms with van der Waals surface area (Å²) in [5, 5.41) is 0. The van der Waals surface area contributed by atoms with Crippen LogP contribution < -0.4 is 0 Å². The number of halogens is 1. The van der Waals surface area contributed by atoms with Crippen molar-refractivity contribution in [3.05, 3.63) is 10.6 Å². The van der Waals surface area contributed by atoms with Gasteiger partial charge in [-0.2, -0.15) is 0 Å². The van der Waals surface area contributed by atoms with Crippen LogP contribution in [0, 0.1) is 23.2 Å². The van der Waals surface area contributed by atoms with Crippen LogP contribution in [-0.4, -0.2) is 24.1 Å². The van der Waals surface area contributed by atoms with E-state index in [1.165, 1.54) is 0 Å². The van der Waals surface area contributed by atoms with Gasteiger partial charge in [-0.3, -0.25) is 9.59 Å². The van der Waals surface area contributed by atoms with Gasteiger partial charge in [0, 0.05) is 17.3 Å². The van der Waals surface area contributed by atoms with Crippen LogP contribution in [0.15, 0.2) is 10.6 Å². The van der Waals surface area contributed by atoms with Gasteiger partial charge in [0.05, 0.1) is 12.0 Å². The Hall–Kier alpha value is -1.28. The molecule has 1 saturated heterocycles. The van der Waals surface area contributed by atoms with Crippen molar-refractivity contribution >= 4 is 27.9 Å². The third kappa shape index (κ3) is 3.19. The summed E-state index contributed by atoms with van der Waals surface area (Å²) < 4.78 is 11.8. The topological polar surface area (TPSA) is 52.6 Å². The SMILES string of the molecule is C[C@@H]1CCCCCCC#C[C@@]23C=C(Br)[C@@H](C[C@H]2C(=O)O1)OC3=O. The Morgan fingerprint density at radius 3 is 2.83 bits per heavy atom. The standard InChI is InChI=1S/C18H21BrO4/c1-12-8-6-4-2-3-5-7-9-18-11-14(19)15(23-17(18)21)10-13(18)16(20)22-12/h11-13,15H,2-6,8,10H2,1H3/t12-,13+,15-,18-/m1/s1. The van der Waals surface area contributed by atoms with Crippen LogP contribution >= 0.6 is 15.9 Å². The first-order chi connectivity index (χ1) is 11.0. The lowest BCUT2D eigenvalue weighted by Gasteiger charge is -2.43. The van der Waals surface area contributed by atoms with Crippen LogP contribution in [0.4, 0.5) is 0 Å². The van der Waals surface area contributed by atoms with E-state index in [1.807, 2.05) is 6.92 Å². The zero-order chi connectivity index (χ0) is 16.4. The molecule has 1 fully saturated rings. The van der Waals surface area contributed by atoms with Crippen molar-refractivity contribution in [1.82, 2.24) is 0 Å². The number of hydrogen-bond donors (Lipinski definition) is 0. The summed E-state index contributed by atoms with van der Waals surface area (Å²) in [5.41, 5.74) is -1.20. The van der Waals surface area contributed by atoms with Crippen molar-refractivity contribution < 1.29 is 19.1 Å². The quantitative estimate of drug-likeness (QED) is 0.476.